The third-order valence-electron chi connectivity index (χ3n) is 2.11. The highest BCUT2D eigenvalue weighted by molar-refractivity contribution is 5.85. The summed E-state index contributed by atoms with van der Waals surface area (Å²) < 4.78 is 9.78. The average Bonchev–Trinajstić information content (AvgIpc) is 2.44. The summed E-state index contributed by atoms with van der Waals surface area (Å²) in [5.74, 6) is -0.564. The number of carbonyl (C=O) groups is 2. The number of hydrogen-bond donors (Lipinski definition) is 1. The fourth-order valence-corrected chi connectivity index (χ4v) is 1.23. The van der Waals surface area contributed by atoms with E-state index in [2.05, 4.69) is 6.58 Å². The molecular formula is C17H22O5. The number of carbonyl (C=O) groups excluding carboxylic acids is 1. The molecule has 0 amide bonds. The van der Waals surface area contributed by atoms with Crippen molar-refractivity contribution < 1.29 is 24.2 Å². The molecule has 1 aromatic rings. The molecule has 0 spiro atoms. The van der Waals surface area contributed by atoms with Crippen LogP contribution in [-0.2, 0) is 14.3 Å². The summed E-state index contributed by atoms with van der Waals surface area (Å²) in [6.07, 6.45) is 3.79. The molecule has 0 aliphatic heterocycles. The van der Waals surface area contributed by atoms with Gasteiger partial charge in [-0.25, -0.2) is 9.59 Å². The largest absolute Gasteiger partial charge is 0.497 e. The number of aliphatic carboxylic acids is 1. The Morgan fingerprint density at radius 3 is 2.05 bits per heavy atom. The molecule has 0 atom stereocenters. The molecule has 0 saturated carbocycles. The van der Waals surface area contributed by atoms with Crippen LogP contribution in [0, 0.1) is 0 Å². The molecular weight excluding hydrogens is 284 g/mol. The Kier molecular flexibility index (Phi) is 8.30. The number of methoxy groups -OCH3 is 1. The highest BCUT2D eigenvalue weighted by atomic mass is 16.6. The molecule has 1 aromatic carbocycles. The van der Waals surface area contributed by atoms with Gasteiger partial charge in [-0.3, -0.25) is 0 Å². The smallest absolute Gasteiger partial charge is 0.330 e. The first kappa shape index (κ1) is 19.4. The number of esters is 1. The minimum absolute atomic E-state index is 0.373. The van der Waals surface area contributed by atoms with E-state index < -0.39 is 11.6 Å². The van der Waals surface area contributed by atoms with Crippen LogP contribution in [0.3, 0.4) is 0 Å². The zero-order valence-corrected chi connectivity index (χ0v) is 13.3. The summed E-state index contributed by atoms with van der Waals surface area (Å²) in [5.41, 5.74) is 0.439. The number of carboxylic acids is 1. The minimum Gasteiger partial charge on any atom is -0.497 e. The van der Waals surface area contributed by atoms with Gasteiger partial charge in [0, 0.05) is 12.2 Å². The zero-order valence-electron chi connectivity index (χ0n) is 13.3. The second-order valence-electron chi connectivity index (χ2n) is 5.18. The van der Waals surface area contributed by atoms with Crippen molar-refractivity contribution in [2.75, 3.05) is 7.11 Å². The van der Waals surface area contributed by atoms with E-state index in [9.17, 15) is 9.59 Å². The fraction of sp³-hybridized carbons (Fsp3) is 0.294. The van der Waals surface area contributed by atoms with Crippen molar-refractivity contribution in [3.63, 3.8) is 0 Å². The number of hydrogen-bond acceptors (Lipinski definition) is 4. The van der Waals surface area contributed by atoms with Crippen LogP contribution in [0.5, 0.6) is 5.75 Å². The molecule has 0 bridgehead atoms. The van der Waals surface area contributed by atoms with Crippen LogP contribution in [0.4, 0.5) is 0 Å². The predicted molar refractivity (Wildman–Crippen MR) is 85.7 cm³/mol. The van der Waals surface area contributed by atoms with Crippen molar-refractivity contribution in [2.24, 2.45) is 0 Å². The van der Waals surface area contributed by atoms with Gasteiger partial charge in [0.1, 0.15) is 11.4 Å². The van der Waals surface area contributed by atoms with Gasteiger partial charge in [-0.05, 0) is 44.5 Å². The second-order valence-corrected chi connectivity index (χ2v) is 5.18. The maximum atomic E-state index is 10.5. The number of benzene rings is 1. The number of carboxylic acid groups (broad SMARTS) is 1. The average molecular weight is 306 g/mol. The molecule has 0 aliphatic rings. The van der Waals surface area contributed by atoms with Gasteiger partial charge < -0.3 is 14.6 Å². The van der Waals surface area contributed by atoms with Crippen LogP contribution in [0.15, 0.2) is 43.0 Å². The Bertz CT molecular complexity index is 521. The summed E-state index contributed by atoms with van der Waals surface area (Å²) in [7, 11) is 1.59. The van der Waals surface area contributed by atoms with E-state index in [-0.39, 0.29) is 5.97 Å². The van der Waals surface area contributed by atoms with E-state index in [1.165, 1.54) is 6.08 Å². The molecule has 1 N–H and O–H groups in total. The maximum absolute atomic E-state index is 10.5. The molecule has 22 heavy (non-hydrogen) atoms. The summed E-state index contributed by atoms with van der Waals surface area (Å²) in [6, 6.07) is 7.14. The predicted octanol–water partition coefficient (Wildman–Crippen LogP) is 3.31. The Labute approximate surface area is 130 Å². The molecule has 5 heteroatoms. The van der Waals surface area contributed by atoms with Crippen molar-refractivity contribution in [1.82, 2.24) is 0 Å². The Morgan fingerprint density at radius 2 is 1.73 bits per heavy atom. The van der Waals surface area contributed by atoms with E-state index in [1.807, 2.05) is 20.8 Å². The maximum Gasteiger partial charge on any atom is 0.330 e. The molecule has 0 heterocycles. The third kappa shape index (κ3) is 10.3. The lowest BCUT2D eigenvalue weighted by Crippen LogP contribution is -2.22. The Hall–Kier alpha value is -2.56. The molecule has 0 aliphatic carbocycles. The number of rotatable bonds is 4. The first-order chi connectivity index (χ1) is 10.2. The lowest BCUT2D eigenvalue weighted by atomic mass is 10.2. The lowest BCUT2D eigenvalue weighted by molar-refractivity contribution is -0.148. The molecule has 120 valence electrons. The van der Waals surface area contributed by atoms with Crippen molar-refractivity contribution in [3.05, 3.63) is 48.6 Å². The molecule has 5 nitrogen and oxygen atoms in total. The summed E-state index contributed by atoms with van der Waals surface area (Å²) in [6.45, 7) is 8.71. The Balaban J connectivity index is 0.000000433. The van der Waals surface area contributed by atoms with Crippen LogP contribution in [0.1, 0.15) is 26.3 Å². The quantitative estimate of drug-likeness (QED) is 0.682. The topological polar surface area (TPSA) is 72.8 Å². The van der Waals surface area contributed by atoms with Crippen molar-refractivity contribution in [1.29, 1.82) is 0 Å². The molecule has 1 rings (SSSR count). The van der Waals surface area contributed by atoms with Gasteiger partial charge in [0.05, 0.1) is 7.11 Å². The molecule has 0 fully saturated rings. The van der Waals surface area contributed by atoms with Gasteiger partial charge in [-0.15, -0.1) is 0 Å². The standard InChI is InChI=1S/C10H10O3.C7H12O2/c1-13-9-5-2-8(3-6-9)4-7-10(11)12;1-5-6(8)9-7(2,3)4/h2-7H,1H3,(H,11,12);5H,1H2,2-4H3. The van der Waals surface area contributed by atoms with E-state index in [1.54, 1.807) is 31.4 Å². The van der Waals surface area contributed by atoms with E-state index in [0.29, 0.717) is 0 Å². The van der Waals surface area contributed by atoms with Crippen molar-refractivity contribution >= 4 is 18.0 Å². The lowest BCUT2D eigenvalue weighted by Gasteiger charge is -2.17. The third-order valence-corrected chi connectivity index (χ3v) is 2.11. The first-order valence-corrected chi connectivity index (χ1v) is 6.58. The Morgan fingerprint density at radius 1 is 1.18 bits per heavy atom. The molecule has 0 radical (unpaired) electrons. The van der Waals surface area contributed by atoms with Crippen LogP contribution >= 0.6 is 0 Å². The summed E-state index contributed by atoms with van der Waals surface area (Å²) in [5, 5.41) is 8.36. The van der Waals surface area contributed by atoms with Gasteiger partial charge in [0.25, 0.3) is 0 Å². The fourth-order valence-electron chi connectivity index (χ4n) is 1.23. The van der Waals surface area contributed by atoms with Crippen LogP contribution in [-0.4, -0.2) is 29.8 Å². The monoisotopic (exact) mass is 306 g/mol. The minimum atomic E-state index is -0.948. The zero-order chi connectivity index (χ0) is 17.2. The summed E-state index contributed by atoms with van der Waals surface area (Å²) >= 11 is 0. The normalized spacial score (nSPS) is 10.4. The van der Waals surface area contributed by atoms with Crippen LogP contribution in [0.2, 0.25) is 0 Å². The van der Waals surface area contributed by atoms with Gasteiger partial charge in [-0.1, -0.05) is 18.7 Å². The second kappa shape index (κ2) is 9.39. The van der Waals surface area contributed by atoms with Crippen LogP contribution in [0.25, 0.3) is 6.08 Å². The molecule has 0 unspecified atom stereocenters. The van der Waals surface area contributed by atoms with Crippen molar-refractivity contribution in [3.8, 4) is 5.75 Å². The molecule has 0 saturated heterocycles. The van der Waals surface area contributed by atoms with Gasteiger partial charge in [0.2, 0.25) is 0 Å². The first-order valence-electron chi connectivity index (χ1n) is 6.58. The molecule has 0 aromatic heterocycles. The highest BCUT2D eigenvalue weighted by Gasteiger charge is 2.12. The van der Waals surface area contributed by atoms with Crippen molar-refractivity contribution in [2.45, 2.75) is 26.4 Å². The summed E-state index contributed by atoms with van der Waals surface area (Å²) in [4.78, 5) is 20.7. The van der Waals surface area contributed by atoms with E-state index in [4.69, 9.17) is 14.6 Å². The van der Waals surface area contributed by atoms with Gasteiger partial charge in [-0.2, -0.15) is 0 Å². The van der Waals surface area contributed by atoms with Gasteiger partial charge in [0.15, 0.2) is 0 Å². The van der Waals surface area contributed by atoms with Gasteiger partial charge >= 0.3 is 11.9 Å². The SMILES string of the molecule is C=CC(=O)OC(C)(C)C.COc1ccc(C=CC(=O)O)cc1. The van der Waals surface area contributed by atoms with Crippen LogP contribution < -0.4 is 4.74 Å². The van der Waals surface area contributed by atoms with E-state index >= 15 is 0 Å². The highest BCUT2D eigenvalue weighted by Crippen LogP contribution is 2.12. The number of ether oxygens (including phenoxy) is 2. The van der Waals surface area contributed by atoms with E-state index in [0.717, 1.165) is 23.5 Å².